The summed E-state index contributed by atoms with van der Waals surface area (Å²) < 4.78 is 0. The number of carbonyl (C=O) groups is 1. The Morgan fingerprint density at radius 2 is 2.00 bits per heavy atom. The SMILES string of the molecule is NC1CC1NC(=O)c1ccc2ccccc2c1O. The highest BCUT2D eigenvalue weighted by Gasteiger charge is 2.35. The summed E-state index contributed by atoms with van der Waals surface area (Å²) in [5.41, 5.74) is 5.94. The van der Waals surface area contributed by atoms with Crippen LogP contribution in [0, 0.1) is 0 Å². The molecule has 2 aromatic rings. The Hall–Kier alpha value is -2.07. The smallest absolute Gasteiger partial charge is 0.255 e. The van der Waals surface area contributed by atoms with E-state index in [2.05, 4.69) is 5.32 Å². The summed E-state index contributed by atoms with van der Waals surface area (Å²) in [6.07, 6.45) is 0.806. The molecule has 1 fully saturated rings. The topological polar surface area (TPSA) is 75.3 Å². The summed E-state index contributed by atoms with van der Waals surface area (Å²) in [5, 5.41) is 14.5. The van der Waals surface area contributed by atoms with Gasteiger partial charge in [0.15, 0.2) is 0 Å². The molecule has 0 radical (unpaired) electrons. The maximum Gasteiger partial charge on any atom is 0.255 e. The zero-order valence-corrected chi connectivity index (χ0v) is 9.76. The molecule has 4 N–H and O–H groups in total. The summed E-state index contributed by atoms with van der Waals surface area (Å²) in [5.74, 6) is -0.240. The molecule has 2 aromatic carbocycles. The number of amides is 1. The second-order valence-corrected chi connectivity index (χ2v) is 4.66. The zero-order valence-electron chi connectivity index (χ0n) is 9.76. The third kappa shape index (κ3) is 1.80. The highest BCUT2D eigenvalue weighted by molar-refractivity contribution is 6.03. The molecule has 18 heavy (non-hydrogen) atoms. The molecule has 3 rings (SSSR count). The van der Waals surface area contributed by atoms with E-state index in [4.69, 9.17) is 5.73 Å². The number of phenols is 1. The summed E-state index contributed by atoms with van der Waals surface area (Å²) in [6, 6.07) is 11.0. The van der Waals surface area contributed by atoms with Gasteiger partial charge in [-0.1, -0.05) is 30.3 Å². The van der Waals surface area contributed by atoms with Crippen LogP contribution < -0.4 is 11.1 Å². The van der Waals surface area contributed by atoms with Crippen LogP contribution in [0.1, 0.15) is 16.8 Å². The van der Waals surface area contributed by atoms with Gasteiger partial charge in [0.25, 0.3) is 5.91 Å². The van der Waals surface area contributed by atoms with Crippen LogP contribution in [0.15, 0.2) is 36.4 Å². The first-order valence-corrected chi connectivity index (χ1v) is 5.94. The van der Waals surface area contributed by atoms with Crippen LogP contribution in [0.4, 0.5) is 0 Å². The molecule has 0 spiro atoms. The number of phenolic OH excluding ortho intramolecular Hbond substituents is 1. The Labute approximate surface area is 104 Å². The van der Waals surface area contributed by atoms with Crippen LogP contribution in [-0.2, 0) is 0 Å². The fourth-order valence-corrected chi connectivity index (χ4v) is 2.07. The molecular formula is C14H14N2O2. The monoisotopic (exact) mass is 242 g/mol. The van der Waals surface area contributed by atoms with Crippen molar-refractivity contribution in [1.29, 1.82) is 0 Å². The van der Waals surface area contributed by atoms with Crippen molar-refractivity contribution in [3.8, 4) is 5.75 Å². The molecule has 1 aliphatic carbocycles. The molecule has 0 bridgehead atoms. The Bertz CT molecular complexity index is 624. The predicted molar refractivity (Wildman–Crippen MR) is 69.5 cm³/mol. The number of benzene rings is 2. The third-order valence-electron chi connectivity index (χ3n) is 3.30. The van der Waals surface area contributed by atoms with E-state index in [1.165, 1.54) is 0 Å². The second-order valence-electron chi connectivity index (χ2n) is 4.66. The fraction of sp³-hybridized carbons (Fsp3) is 0.214. The minimum absolute atomic E-state index is 0.0276. The lowest BCUT2D eigenvalue weighted by molar-refractivity contribution is 0.0948. The Morgan fingerprint density at radius 1 is 1.28 bits per heavy atom. The Balaban J connectivity index is 1.96. The van der Waals surface area contributed by atoms with Gasteiger partial charge in [-0.2, -0.15) is 0 Å². The number of hydrogen-bond acceptors (Lipinski definition) is 3. The average molecular weight is 242 g/mol. The first-order valence-electron chi connectivity index (χ1n) is 5.94. The van der Waals surface area contributed by atoms with E-state index in [9.17, 15) is 9.90 Å². The van der Waals surface area contributed by atoms with Crippen molar-refractivity contribution < 1.29 is 9.90 Å². The van der Waals surface area contributed by atoms with Crippen molar-refractivity contribution >= 4 is 16.7 Å². The van der Waals surface area contributed by atoms with Gasteiger partial charge >= 0.3 is 0 Å². The zero-order chi connectivity index (χ0) is 12.7. The molecular weight excluding hydrogens is 228 g/mol. The summed E-state index contributed by atoms with van der Waals surface area (Å²) in [7, 11) is 0. The largest absolute Gasteiger partial charge is 0.506 e. The molecule has 0 aromatic heterocycles. The minimum atomic E-state index is -0.267. The minimum Gasteiger partial charge on any atom is -0.506 e. The van der Waals surface area contributed by atoms with E-state index in [1.54, 1.807) is 12.1 Å². The molecule has 92 valence electrons. The van der Waals surface area contributed by atoms with Crippen molar-refractivity contribution in [3.63, 3.8) is 0 Å². The van der Waals surface area contributed by atoms with E-state index in [-0.39, 0.29) is 23.7 Å². The molecule has 0 aliphatic heterocycles. The van der Waals surface area contributed by atoms with Crippen molar-refractivity contribution in [1.82, 2.24) is 5.32 Å². The van der Waals surface area contributed by atoms with Crippen LogP contribution in [0.5, 0.6) is 5.75 Å². The van der Waals surface area contributed by atoms with Crippen molar-refractivity contribution in [3.05, 3.63) is 42.0 Å². The molecule has 1 aliphatic rings. The molecule has 0 heterocycles. The first kappa shape index (κ1) is 11.0. The highest BCUT2D eigenvalue weighted by Crippen LogP contribution is 2.29. The quantitative estimate of drug-likeness (QED) is 0.744. The number of rotatable bonds is 2. The molecule has 1 amide bonds. The summed E-state index contributed by atoms with van der Waals surface area (Å²) in [4.78, 5) is 12.0. The molecule has 1 saturated carbocycles. The Morgan fingerprint density at radius 3 is 2.72 bits per heavy atom. The number of nitrogens with two attached hydrogens (primary N) is 1. The summed E-state index contributed by atoms with van der Waals surface area (Å²) >= 11 is 0. The van der Waals surface area contributed by atoms with E-state index in [0.717, 1.165) is 11.8 Å². The van der Waals surface area contributed by atoms with Gasteiger partial charge in [0.1, 0.15) is 5.75 Å². The van der Waals surface area contributed by atoms with Crippen LogP contribution in [-0.4, -0.2) is 23.1 Å². The predicted octanol–water partition coefficient (Wildman–Crippen LogP) is 1.37. The maximum atomic E-state index is 12.0. The van der Waals surface area contributed by atoms with E-state index >= 15 is 0 Å². The number of aromatic hydroxyl groups is 1. The number of fused-ring (bicyclic) bond motifs is 1. The average Bonchev–Trinajstić information content (AvgIpc) is 3.05. The maximum absolute atomic E-state index is 12.0. The first-order chi connectivity index (χ1) is 8.66. The van der Waals surface area contributed by atoms with Gasteiger partial charge in [0.05, 0.1) is 5.56 Å². The van der Waals surface area contributed by atoms with Gasteiger partial charge in [-0.25, -0.2) is 0 Å². The lowest BCUT2D eigenvalue weighted by Crippen LogP contribution is -2.29. The van der Waals surface area contributed by atoms with Crippen LogP contribution >= 0.6 is 0 Å². The van der Waals surface area contributed by atoms with Gasteiger partial charge in [0.2, 0.25) is 0 Å². The molecule has 2 atom stereocenters. The van der Waals surface area contributed by atoms with Crippen LogP contribution in [0.2, 0.25) is 0 Å². The van der Waals surface area contributed by atoms with Crippen LogP contribution in [0.25, 0.3) is 10.8 Å². The molecule has 0 saturated heterocycles. The van der Waals surface area contributed by atoms with E-state index in [0.29, 0.717) is 10.9 Å². The van der Waals surface area contributed by atoms with Gasteiger partial charge in [0, 0.05) is 17.5 Å². The van der Waals surface area contributed by atoms with E-state index < -0.39 is 0 Å². The fourth-order valence-electron chi connectivity index (χ4n) is 2.07. The van der Waals surface area contributed by atoms with Crippen molar-refractivity contribution in [2.75, 3.05) is 0 Å². The lowest BCUT2D eigenvalue weighted by atomic mass is 10.0. The third-order valence-corrected chi connectivity index (χ3v) is 3.30. The van der Waals surface area contributed by atoms with Crippen molar-refractivity contribution in [2.45, 2.75) is 18.5 Å². The molecule has 4 heteroatoms. The standard InChI is InChI=1S/C14H14N2O2/c15-11-7-12(11)16-14(18)10-6-5-8-3-1-2-4-9(8)13(10)17/h1-6,11-12,17H,7,15H2,(H,16,18). The number of nitrogens with one attached hydrogen (secondary N) is 1. The highest BCUT2D eigenvalue weighted by atomic mass is 16.3. The lowest BCUT2D eigenvalue weighted by Gasteiger charge is -2.08. The molecule has 2 unspecified atom stereocenters. The van der Waals surface area contributed by atoms with Gasteiger partial charge in [-0.15, -0.1) is 0 Å². The normalized spacial score (nSPS) is 21.8. The van der Waals surface area contributed by atoms with Gasteiger partial charge in [-0.05, 0) is 17.9 Å². The number of carbonyl (C=O) groups excluding carboxylic acids is 1. The van der Waals surface area contributed by atoms with Crippen molar-refractivity contribution in [2.24, 2.45) is 5.73 Å². The second kappa shape index (κ2) is 3.99. The van der Waals surface area contributed by atoms with Crippen LogP contribution in [0.3, 0.4) is 0 Å². The molecule has 4 nitrogen and oxygen atoms in total. The van der Waals surface area contributed by atoms with E-state index in [1.807, 2.05) is 24.3 Å². The summed E-state index contributed by atoms with van der Waals surface area (Å²) in [6.45, 7) is 0. The van der Waals surface area contributed by atoms with Gasteiger partial charge < -0.3 is 16.2 Å². The number of hydrogen-bond donors (Lipinski definition) is 3. The Kier molecular flexibility index (Phi) is 2.45. The van der Waals surface area contributed by atoms with Gasteiger partial charge in [-0.3, -0.25) is 4.79 Å².